The molecule has 1 aromatic rings. The van der Waals surface area contributed by atoms with Crippen LogP contribution in [0.4, 0.5) is 0 Å². The molecule has 1 aromatic carbocycles. The van der Waals surface area contributed by atoms with E-state index in [1.807, 2.05) is 19.1 Å². The molecule has 5 nitrogen and oxygen atoms in total. The summed E-state index contributed by atoms with van der Waals surface area (Å²) < 4.78 is 0. The maximum absolute atomic E-state index is 11.9. The quantitative estimate of drug-likeness (QED) is 0.707. The number of amides is 2. The lowest BCUT2D eigenvalue weighted by atomic mass is 9.92. The molecule has 5 heteroatoms. The monoisotopic (exact) mass is 231 g/mol. The van der Waals surface area contributed by atoms with Gasteiger partial charge in [0.15, 0.2) is 0 Å². The van der Waals surface area contributed by atoms with Crippen LogP contribution in [0, 0.1) is 6.92 Å². The van der Waals surface area contributed by atoms with Crippen molar-refractivity contribution in [1.29, 1.82) is 0 Å². The molecule has 0 aliphatic carbocycles. The number of hydrogen-bond donors (Lipinski definition) is 2. The molecule has 1 atom stereocenters. The second-order valence-electron chi connectivity index (χ2n) is 3.88. The largest absolute Gasteiger partial charge is 0.324 e. The zero-order valence-electron chi connectivity index (χ0n) is 9.43. The minimum atomic E-state index is -0.855. The summed E-state index contributed by atoms with van der Waals surface area (Å²) >= 11 is 0. The lowest BCUT2D eigenvalue weighted by Crippen LogP contribution is -2.45. The predicted octanol–water partition coefficient (Wildman–Crippen LogP) is 0.0922. The Kier molecular flexibility index (Phi) is 3.01. The van der Waals surface area contributed by atoms with Gasteiger partial charge in [-0.15, -0.1) is 0 Å². The topological polar surface area (TPSA) is 84.6 Å². The van der Waals surface area contributed by atoms with Crippen molar-refractivity contribution in [3.8, 4) is 0 Å². The van der Waals surface area contributed by atoms with Gasteiger partial charge < -0.3 is 11.1 Å². The molecular formula is C12H13N3O2. The van der Waals surface area contributed by atoms with Crippen molar-refractivity contribution in [3.63, 3.8) is 0 Å². The van der Waals surface area contributed by atoms with Gasteiger partial charge in [-0.05, 0) is 18.1 Å². The lowest BCUT2D eigenvalue weighted by molar-refractivity contribution is -0.129. The van der Waals surface area contributed by atoms with Crippen LogP contribution in [0.5, 0.6) is 0 Å². The van der Waals surface area contributed by atoms with Gasteiger partial charge >= 0.3 is 0 Å². The Labute approximate surface area is 98.7 Å². The first kappa shape index (κ1) is 11.5. The van der Waals surface area contributed by atoms with E-state index in [2.05, 4.69) is 10.3 Å². The van der Waals surface area contributed by atoms with Crippen LogP contribution in [0.15, 0.2) is 29.3 Å². The number of nitrogens with two attached hydrogens (primary N) is 1. The van der Waals surface area contributed by atoms with E-state index in [4.69, 9.17) is 5.73 Å². The number of carbonyl (C=O) groups is 2. The summed E-state index contributed by atoms with van der Waals surface area (Å²) in [4.78, 5) is 27.5. The molecule has 1 unspecified atom stereocenters. The second-order valence-corrected chi connectivity index (χ2v) is 3.88. The number of carbonyl (C=O) groups excluding carboxylic acids is 2. The fraction of sp³-hybridized carbons (Fsp3) is 0.250. The van der Waals surface area contributed by atoms with E-state index >= 15 is 0 Å². The molecule has 2 rings (SSSR count). The van der Waals surface area contributed by atoms with E-state index in [-0.39, 0.29) is 18.3 Å². The first-order valence-corrected chi connectivity index (χ1v) is 5.31. The highest BCUT2D eigenvalue weighted by Gasteiger charge is 2.33. The number of nitrogens with one attached hydrogen (secondary N) is 1. The molecule has 0 radical (unpaired) electrons. The van der Waals surface area contributed by atoms with E-state index in [0.717, 1.165) is 5.56 Å². The third-order valence-electron chi connectivity index (χ3n) is 2.71. The number of hydrogen-bond acceptors (Lipinski definition) is 3. The summed E-state index contributed by atoms with van der Waals surface area (Å²) in [6, 6.07) is 7.28. The Morgan fingerprint density at radius 3 is 2.65 bits per heavy atom. The van der Waals surface area contributed by atoms with E-state index < -0.39 is 11.8 Å². The van der Waals surface area contributed by atoms with Crippen molar-refractivity contribution < 1.29 is 9.59 Å². The molecule has 0 saturated carbocycles. The third kappa shape index (κ3) is 2.09. The molecule has 17 heavy (non-hydrogen) atoms. The average molecular weight is 231 g/mol. The maximum Gasteiger partial charge on any atom is 0.264 e. The highest BCUT2D eigenvalue weighted by molar-refractivity contribution is 6.19. The van der Waals surface area contributed by atoms with Gasteiger partial charge in [0.2, 0.25) is 5.91 Å². The van der Waals surface area contributed by atoms with E-state index in [1.165, 1.54) is 0 Å². The highest BCUT2D eigenvalue weighted by Crippen LogP contribution is 2.23. The van der Waals surface area contributed by atoms with Crippen LogP contribution in [0.1, 0.15) is 17.0 Å². The van der Waals surface area contributed by atoms with Crippen molar-refractivity contribution in [2.24, 2.45) is 10.7 Å². The van der Waals surface area contributed by atoms with E-state index in [1.54, 1.807) is 12.1 Å². The molecule has 0 aromatic heterocycles. The summed E-state index contributed by atoms with van der Waals surface area (Å²) in [6.45, 7) is 1.91. The zero-order chi connectivity index (χ0) is 12.4. The Hall–Kier alpha value is -2.01. The van der Waals surface area contributed by atoms with Crippen LogP contribution in [-0.2, 0) is 9.59 Å². The number of aliphatic imine (C=N–C) groups is 1. The maximum atomic E-state index is 11.9. The van der Waals surface area contributed by atoms with Crippen LogP contribution in [0.25, 0.3) is 0 Å². The smallest absolute Gasteiger partial charge is 0.264 e. The molecule has 88 valence electrons. The van der Waals surface area contributed by atoms with Gasteiger partial charge in [-0.25, -0.2) is 0 Å². The van der Waals surface area contributed by atoms with Crippen LogP contribution in [-0.4, -0.2) is 24.2 Å². The molecule has 1 aliphatic rings. The highest BCUT2D eigenvalue weighted by atomic mass is 16.2. The SMILES string of the molecule is Cc1ccccc1C1C(=O)N=C(CN)NC1=O. The fourth-order valence-electron chi connectivity index (χ4n) is 1.83. The standard InChI is InChI=1S/C12H13N3O2/c1-7-4-2-3-5-8(7)10-11(16)14-9(6-13)15-12(10)17/h2-5,10H,6,13H2,1H3,(H,14,15,16,17). The Balaban J connectivity index is 2.41. The van der Waals surface area contributed by atoms with Gasteiger partial charge in [-0.1, -0.05) is 24.3 Å². The first-order chi connectivity index (χ1) is 8.13. The van der Waals surface area contributed by atoms with Gasteiger partial charge in [0, 0.05) is 0 Å². The van der Waals surface area contributed by atoms with Gasteiger partial charge in [0.1, 0.15) is 11.8 Å². The fourth-order valence-corrected chi connectivity index (χ4v) is 1.83. The van der Waals surface area contributed by atoms with Crippen molar-refractivity contribution in [3.05, 3.63) is 35.4 Å². The average Bonchev–Trinajstić information content (AvgIpc) is 2.30. The molecule has 0 spiro atoms. The van der Waals surface area contributed by atoms with Crippen LogP contribution in [0.2, 0.25) is 0 Å². The number of benzene rings is 1. The summed E-state index contributed by atoms with van der Waals surface area (Å²) in [5, 5.41) is 2.54. The van der Waals surface area contributed by atoms with Crippen molar-refractivity contribution in [2.75, 3.05) is 6.54 Å². The number of amidine groups is 1. The lowest BCUT2D eigenvalue weighted by Gasteiger charge is -2.20. The van der Waals surface area contributed by atoms with Crippen molar-refractivity contribution in [2.45, 2.75) is 12.8 Å². The summed E-state index contributed by atoms with van der Waals surface area (Å²) in [5.41, 5.74) is 6.93. The number of aryl methyl sites for hydroxylation is 1. The molecule has 3 N–H and O–H groups in total. The van der Waals surface area contributed by atoms with Crippen LogP contribution < -0.4 is 11.1 Å². The second kappa shape index (κ2) is 4.47. The molecule has 0 bridgehead atoms. The number of rotatable bonds is 2. The summed E-state index contributed by atoms with van der Waals surface area (Å²) in [7, 11) is 0. The zero-order valence-corrected chi connectivity index (χ0v) is 9.43. The van der Waals surface area contributed by atoms with Gasteiger partial charge in [-0.3, -0.25) is 9.59 Å². The Bertz CT molecular complexity index is 508. The molecule has 2 amide bonds. The minimum absolute atomic E-state index is 0.0535. The van der Waals surface area contributed by atoms with Crippen LogP contribution in [0.3, 0.4) is 0 Å². The predicted molar refractivity (Wildman–Crippen MR) is 63.6 cm³/mol. The third-order valence-corrected chi connectivity index (χ3v) is 2.71. The minimum Gasteiger partial charge on any atom is -0.324 e. The summed E-state index contributed by atoms with van der Waals surface area (Å²) in [5.74, 6) is -1.44. The molecule has 1 heterocycles. The molecular weight excluding hydrogens is 218 g/mol. The van der Waals surface area contributed by atoms with Gasteiger partial charge in [-0.2, -0.15) is 4.99 Å². The molecule has 0 saturated heterocycles. The van der Waals surface area contributed by atoms with Gasteiger partial charge in [0.25, 0.3) is 5.91 Å². The Morgan fingerprint density at radius 2 is 2.06 bits per heavy atom. The van der Waals surface area contributed by atoms with Crippen molar-refractivity contribution >= 4 is 17.6 Å². The Morgan fingerprint density at radius 1 is 1.35 bits per heavy atom. The van der Waals surface area contributed by atoms with Crippen molar-refractivity contribution in [1.82, 2.24) is 5.32 Å². The number of nitrogens with zero attached hydrogens (tertiary/aromatic N) is 1. The molecule has 1 aliphatic heterocycles. The van der Waals surface area contributed by atoms with Gasteiger partial charge in [0.05, 0.1) is 6.54 Å². The molecule has 0 fully saturated rings. The van der Waals surface area contributed by atoms with Crippen LogP contribution >= 0.6 is 0 Å². The normalized spacial score (nSPS) is 19.9. The van der Waals surface area contributed by atoms with E-state index in [0.29, 0.717) is 5.56 Å². The summed E-state index contributed by atoms with van der Waals surface area (Å²) in [6.07, 6.45) is 0. The van der Waals surface area contributed by atoms with E-state index in [9.17, 15) is 9.59 Å². The first-order valence-electron chi connectivity index (χ1n) is 5.31.